The topological polar surface area (TPSA) is 122 Å². The van der Waals surface area contributed by atoms with Crippen LogP contribution in [0.4, 0.5) is 28.7 Å². The minimum atomic E-state index is -0.269. The summed E-state index contributed by atoms with van der Waals surface area (Å²) < 4.78 is 0. The molecule has 0 aliphatic carbocycles. The molecule has 35 heavy (non-hydrogen) atoms. The van der Waals surface area contributed by atoms with Gasteiger partial charge in [-0.1, -0.05) is 24.3 Å². The van der Waals surface area contributed by atoms with Gasteiger partial charge in [-0.05, 0) is 71.3 Å². The van der Waals surface area contributed by atoms with Crippen molar-refractivity contribution in [1.82, 2.24) is 9.97 Å². The Kier molecular flexibility index (Phi) is 7.13. The van der Waals surface area contributed by atoms with Crippen LogP contribution in [0.2, 0.25) is 0 Å². The third kappa shape index (κ3) is 6.52. The lowest BCUT2D eigenvalue weighted by atomic mass is 10.0. The van der Waals surface area contributed by atoms with E-state index < -0.39 is 0 Å². The van der Waals surface area contributed by atoms with Crippen molar-refractivity contribution in [2.24, 2.45) is 0 Å². The zero-order chi connectivity index (χ0) is 24.6. The van der Waals surface area contributed by atoms with Crippen LogP contribution in [0.25, 0.3) is 17.2 Å². The molecule has 2 aromatic heterocycles. The first kappa shape index (κ1) is 23.2. The minimum absolute atomic E-state index is 0.191. The van der Waals surface area contributed by atoms with Crippen molar-refractivity contribution in [3.8, 4) is 11.1 Å². The summed E-state index contributed by atoms with van der Waals surface area (Å²) in [6.07, 6.45) is 6.35. The number of carbonyl (C=O) groups is 2. The van der Waals surface area contributed by atoms with E-state index in [9.17, 15) is 9.59 Å². The molecule has 0 saturated carbocycles. The summed E-state index contributed by atoms with van der Waals surface area (Å²) >= 11 is 0. The highest BCUT2D eigenvalue weighted by Crippen LogP contribution is 2.27. The first-order chi connectivity index (χ1) is 17.0. The monoisotopic (exact) mass is 464 g/mol. The van der Waals surface area contributed by atoms with Gasteiger partial charge in [-0.25, -0.2) is 9.97 Å². The predicted octanol–water partition coefficient (Wildman–Crippen LogP) is 5.08. The quantitative estimate of drug-likeness (QED) is 0.283. The van der Waals surface area contributed by atoms with Gasteiger partial charge in [0.15, 0.2) is 5.82 Å². The van der Waals surface area contributed by atoms with Crippen molar-refractivity contribution in [2.75, 3.05) is 21.7 Å². The number of benzene rings is 2. The van der Waals surface area contributed by atoms with Crippen LogP contribution in [-0.2, 0) is 9.59 Å². The van der Waals surface area contributed by atoms with Gasteiger partial charge in [-0.2, -0.15) is 0 Å². The minimum Gasteiger partial charge on any atom is -0.396 e. The summed E-state index contributed by atoms with van der Waals surface area (Å²) in [5, 5.41) is 8.71. The first-order valence-corrected chi connectivity index (χ1v) is 10.9. The first-order valence-electron chi connectivity index (χ1n) is 10.9. The van der Waals surface area contributed by atoms with E-state index in [0.717, 1.165) is 22.4 Å². The molecule has 0 aliphatic rings. The van der Waals surface area contributed by atoms with E-state index >= 15 is 0 Å². The number of amides is 2. The largest absolute Gasteiger partial charge is 0.396 e. The number of nitrogen functional groups attached to an aromatic ring is 1. The van der Waals surface area contributed by atoms with Crippen molar-refractivity contribution in [2.45, 2.75) is 6.92 Å². The molecule has 8 nitrogen and oxygen atoms in total. The zero-order valence-corrected chi connectivity index (χ0v) is 19.0. The van der Waals surface area contributed by atoms with E-state index in [0.29, 0.717) is 23.0 Å². The molecule has 2 heterocycles. The SMILES string of the molecule is CC(=O)Nc1ccc(C=CC(=O)Nc2cccc(-c3cccc(Nc4ncccc4N)c3)c2)cn1. The summed E-state index contributed by atoms with van der Waals surface area (Å²) in [6.45, 7) is 1.42. The molecule has 0 aliphatic heterocycles. The number of carbonyl (C=O) groups excluding carboxylic acids is 2. The fourth-order valence-corrected chi connectivity index (χ4v) is 3.33. The molecule has 174 valence electrons. The lowest BCUT2D eigenvalue weighted by molar-refractivity contribution is -0.114. The lowest BCUT2D eigenvalue weighted by Gasteiger charge is -2.10. The van der Waals surface area contributed by atoms with Crippen molar-refractivity contribution >= 4 is 46.6 Å². The smallest absolute Gasteiger partial charge is 0.248 e. The predicted molar refractivity (Wildman–Crippen MR) is 140 cm³/mol. The Morgan fingerprint density at radius 1 is 0.857 bits per heavy atom. The summed E-state index contributed by atoms with van der Waals surface area (Å²) in [7, 11) is 0. The molecule has 8 heteroatoms. The second kappa shape index (κ2) is 10.8. The second-order valence-electron chi connectivity index (χ2n) is 7.71. The van der Waals surface area contributed by atoms with Crippen LogP contribution in [0.3, 0.4) is 0 Å². The highest BCUT2D eigenvalue weighted by atomic mass is 16.2. The molecule has 5 N–H and O–H groups in total. The van der Waals surface area contributed by atoms with Crippen LogP contribution < -0.4 is 21.7 Å². The fourth-order valence-electron chi connectivity index (χ4n) is 3.33. The van der Waals surface area contributed by atoms with Crippen molar-refractivity contribution in [1.29, 1.82) is 0 Å². The molecular formula is C27H24N6O2. The van der Waals surface area contributed by atoms with Crippen LogP contribution in [0.5, 0.6) is 0 Å². The Balaban J connectivity index is 1.42. The molecule has 0 bridgehead atoms. The molecule has 2 aromatic carbocycles. The summed E-state index contributed by atoms with van der Waals surface area (Å²) in [5.74, 6) is 0.591. The standard InChI is InChI=1S/C27H24N6O2/c1-18(34)31-25-12-10-19(17-30-25)11-13-26(35)32-22-7-2-5-20(15-22)21-6-3-8-23(16-21)33-27-24(28)9-4-14-29-27/h2-17H,28H2,1H3,(H,29,33)(H,32,35)(H,30,31,34). The van der Waals surface area contributed by atoms with E-state index in [1.165, 1.54) is 13.0 Å². The van der Waals surface area contributed by atoms with Gasteiger partial charge in [0.1, 0.15) is 5.82 Å². The van der Waals surface area contributed by atoms with E-state index in [1.54, 1.807) is 42.7 Å². The molecule has 0 atom stereocenters. The normalized spacial score (nSPS) is 10.7. The number of nitrogens with two attached hydrogens (primary N) is 1. The number of pyridine rings is 2. The van der Waals surface area contributed by atoms with E-state index in [1.807, 2.05) is 48.5 Å². The number of nitrogens with zero attached hydrogens (tertiary/aromatic N) is 2. The Labute approximate surface area is 202 Å². The Morgan fingerprint density at radius 3 is 2.29 bits per heavy atom. The number of rotatable bonds is 7. The van der Waals surface area contributed by atoms with Crippen LogP contribution in [0, 0.1) is 0 Å². The van der Waals surface area contributed by atoms with Gasteiger partial charge in [0.05, 0.1) is 5.69 Å². The average molecular weight is 465 g/mol. The lowest BCUT2D eigenvalue weighted by Crippen LogP contribution is -2.08. The van der Waals surface area contributed by atoms with E-state index in [2.05, 4.69) is 25.9 Å². The Morgan fingerprint density at radius 2 is 1.60 bits per heavy atom. The molecule has 0 fully saturated rings. The van der Waals surface area contributed by atoms with Gasteiger partial charge in [-0.15, -0.1) is 0 Å². The number of hydrogen-bond donors (Lipinski definition) is 4. The highest BCUT2D eigenvalue weighted by Gasteiger charge is 2.05. The highest BCUT2D eigenvalue weighted by molar-refractivity contribution is 6.02. The molecule has 0 saturated heterocycles. The summed E-state index contributed by atoms with van der Waals surface area (Å²) in [4.78, 5) is 31.9. The van der Waals surface area contributed by atoms with Gasteiger partial charge in [0.2, 0.25) is 11.8 Å². The zero-order valence-electron chi connectivity index (χ0n) is 19.0. The van der Waals surface area contributed by atoms with E-state index in [4.69, 9.17) is 5.73 Å². The third-order valence-electron chi connectivity index (χ3n) is 4.95. The Bertz CT molecular complexity index is 1380. The van der Waals surface area contributed by atoms with E-state index in [-0.39, 0.29) is 11.8 Å². The number of anilines is 5. The molecule has 2 amide bonds. The number of nitrogens with one attached hydrogen (secondary N) is 3. The fraction of sp³-hybridized carbons (Fsp3) is 0.0370. The average Bonchev–Trinajstić information content (AvgIpc) is 2.85. The van der Waals surface area contributed by atoms with Gasteiger partial charge >= 0.3 is 0 Å². The molecule has 0 unspecified atom stereocenters. The van der Waals surface area contributed by atoms with Gasteiger partial charge in [0, 0.05) is 36.8 Å². The van der Waals surface area contributed by atoms with Crippen LogP contribution in [0.1, 0.15) is 12.5 Å². The summed E-state index contributed by atoms with van der Waals surface area (Å²) in [6, 6.07) is 22.5. The van der Waals surface area contributed by atoms with Crippen LogP contribution in [-0.4, -0.2) is 21.8 Å². The molecule has 4 rings (SSSR count). The maximum atomic E-state index is 12.4. The number of hydrogen-bond acceptors (Lipinski definition) is 6. The van der Waals surface area contributed by atoms with Crippen LogP contribution >= 0.6 is 0 Å². The van der Waals surface area contributed by atoms with Gasteiger partial charge < -0.3 is 21.7 Å². The summed E-state index contributed by atoms with van der Waals surface area (Å²) in [5.41, 5.74) is 10.7. The van der Waals surface area contributed by atoms with Crippen molar-refractivity contribution in [3.63, 3.8) is 0 Å². The third-order valence-corrected chi connectivity index (χ3v) is 4.95. The maximum absolute atomic E-state index is 12.4. The van der Waals surface area contributed by atoms with Crippen molar-refractivity contribution < 1.29 is 9.59 Å². The molecule has 0 radical (unpaired) electrons. The number of aromatic nitrogens is 2. The molecule has 4 aromatic rings. The molecule has 0 spiro atoms. The maximum Gasteiger partial charge on any atom is 0.248 e. The van der Waals surface area contributed by atoms with Crippen molar-refractivity contribution in [3.05, 3.63) is 96.8 Å². The van der Waals surface area contributed by atoms with Gasteiger partial charge in [0.25, 0.3) is 0 Å². The Hall–Kier alpha value is -4.98. The molecular weight excluding hydrogens is 440 g/mol. The van der Waals surface area contributed by atoms with Crippen LogP contribution in [0.15, 0.2) is 91.3 Å². The van der Waals surface area contributed by atoms with Gasteiger partial charge in [-0.3, -0.25) is 9.59 Å². The second-order valence-corrected chi connectivity index (χ2v) is 7.71.